The first-order valence-corrected chi connectivity index (χ1v) is 10.4. The SMILES string of the molecule is CC(C)NC(=S)Nc1nc(N2CCCCC2)cc(N2CCCC[C@H]2C)n1. The van der Waals surface area contributed by atoms with Gasteiger partial charge in [0.15, 0.2) is 5.11 Å². The van der Waals surface area contributed by atoms with Crippen LogP contribution >= 0.6 is 12.2 Å². The minimum atomic E-state index is 0.280. The lowest BCUT2D eigenvalue weighted by molar-refractivity contribution is 0.481. The zero-order valence-electron chi connectivity index (χ0n) is 16.3. The Morgan fingerprint density at radius 2 is 1.77 bits per heavy atom. The smallest absolute Gasteiger partial charge is 0.232 e. The molecule has 7 heteroatoms. The van der Waals surface area contributed by atoms with Crippen LogP contribution in [0.15, 0.2) is 6.07 Å². The fourth-order valence-corrected chi connectivity index (χ4v) is 4.08. The first-order chi connectivity index (χ1) is 12.5. The molecule has 0 spiro atoms. The zero-order chi connectivity index (χ0) is 18.5. The van der Waals surface area contributed by atoms with Crippen molar-refractivity contribution in [1.29, 1.82) is 0 Å². The minimum Gasteiger partial charge on any atom is -0.360 e. The van der Waals surface area contributed by atoms with Gasteiger partial charge in [0.1, 0.15) is 11.6 Å². The van der Waals surface area contributed by atoms with Crippen molar-refractivity contribution in [3.8, 4) is 0 Å². The van der Waals surface area contributed by atoms with Gasteiger partial charge in [-0.2, -0.15) is 9.97 Å². The molecule has 2 aliphatic rings. The highest BCUT2D eigenvalue weighted by molar-refractivity contribution is 7.80. The third-order valence-electron chi connectivity index (χ3n) is 5.12. The van der Waals surface area contributed by atoms with E-state index in [4.69, 9.17) is 22.2 Å². The molecule has 0 aliphatic carbocycles. The highest BCUT2D eigenvalue weighted by atomic mass is 32.1. The molecule has 2 aliphatic heterocycles. The molecule has 3 rings (SSSR count). The van der Waals surface area contributed by atoms with Crippen molar-refractivity contribution in [2.75, 3.05) is 34.8 Å². The Bertz CT molecular complexity index is 614. The summed E-state index contributed by atoms with van der Waals surface area (Å²) in [5.74, 6) is 2.63. The second kappa shape index (κ2) is 8.84. The lowest BCUT2D eigenvalue weighted by atomic mass is 10.0. The minimum absolute atomic E-state index is 0.280. The average Bonchev–Trinajstić information content (AvgIpc) is 2.62. The fraction of sp³-hybridized carbons (Fsp3) is 0.737. The lowest BCUT2D eigenvalue weighted by Crippen LogP contribution is -2.39. The molecule has 3 heterocycles. The number of nitrogens with one attached hydrogen (secondary N) is 2. The maximum absolute atomic E-state index is 5.41. The van der Waals surface area contributed by atoms with Crippen LogP contribution in [0, 0.1) is 0 Å². The Balaban J connectivity index is 1.86. The first kappa shape index (κ1) is 19.1. The van der Waals surface area contributed by atoms with Gasteiger partial charge in [-0.1, -0.05) is 0 Å². The maximum atomic E-state index is 5.41. The van der Waals surface area contributed by atoms with E-state index in [-0.39, 0.29) is 6.04 Å². The third kappa shape index (κ3) is 4.96. The van der Waals surface area contributed by atoms with Crippen molar-refractivity contribution in [3.63, 3.8) is 0 Å². The van der Waals surface area contributed by atoms with Crippen LogP contribution in [0.2, 0.25) is 0 Å². The summed E-state index contributed by atoms with van der Waals surface area (Å²) in [6.07, 6.45) is 7.52. The number of hydrogen-bond acceptors (Lipinski definition) is 5. The van der Waals surface area contributed by atoms with Gasteiger partial charge in [0.25, 0.3) is 0 Å². The van der Waals surface area contributed by atoms with E-state index in [0.29, 0.717) is 17.1 Å². The number of rotatable bonds is 4. The van der Waals surface area contributed by atoms with Gasteiger partial charge in [0.2, 0.25) is 5.95 Å². The van der Waals surface area contributed by atoms with Crippen molar-refractivity contribution in [3.05, 3.63) is 6.07 Å². The van der Waals surface area contributed by atoms with Gasteiger partial charge < -0.3 is 20.4 Å². The molecular formula is C19H32N6S. The quantitative estimate of drug-likeness (QED) is 0.780. The number of hydrogen-bond donors (Lipinski definition) is 2. The van der Waals surface area contributed by atoms with Gasteiger partial charge in [-0.3, -0.25) is 0 Å². The number of thiocarbonyl (C=S) groups is 1. The number of nitrogens with zero attached hydrogens (tertiary/aromatic N) is 4. The summed E-state index contributed by atoms with van der Waals surface area (Å²) in [6, 6.07) is 2.96. The summed E-state index contributed by atoms with van der Waals surface area (Å²) in [5, 5.41) is 6.98. The monoisotopic (exact) mass is 376 g/mol. The highest BCUT2D eigenvalue weighted by Gasteiger charge is 2.23. The van der Waals surface area contributed by atoms with Crippen molar-refractivity contribution >= 4 is 34.9 Å². The first-order valence-electron chi connectivity index (χ1n) is 10.0. The Morgan fingerprint density at radius 3 is 2.46 bits per heavy atom. The van der Waals surface area contributed by atoms with Crippen LogP contribution in [-0.4, -0.2) is 46.8 Å². The van der Waals surface area contributed by atoms with E-state index in [1.807, 2.05) is 0 Å². The topological polar surface area (TPSA) is 56.3 Å². The Hall–Kier alpha value is -1.63. The number of aromatic nitrogens is 2. The van der Waals surface area contributed by atoms with Crippen molar-refractivity contribution in [2.45, 2.75) is 71.4 Å². The summed E-state index contributed by atoms with van der Waals surface area (Å²) in [7, 11) is 0. The second-order valence-corrected chi connectivity index (χ2v) is 8.16. The van der Waals surface area contributed by atoms with Crippen LogP contribution in [0.25, 0.3) is 0 Å². The van der Waals surface area contributed by atoms with Gasteiger partial charge in [0.05, 0.1) is 0 Å². The van der Waals surface area contributed by atoms with Gasteiger partial charge in [-0.05, 0) is 71.5 Å². The molecule has 2 saturated heterocycles. The summed E-state index contributed by atoms with van der Waals surface area (Å²) in [4.78, 5) is 14.4. The van der Waals surface area contributed by atoms with E-state index in [0.717, 1.165) is 31.3 Å². The summed E-state index contributed by atoms with van der Waals surface area (Å²) >= 11 is 5.41. The van der Waals surface area contributed by atoms with Gasteiger partial charge in [-0.15, -0.1) is 0 Å². The molecule has 2 fully saturated rings. The maximum Gasteiger partial charge on any atom is 0.232 e. The largest absolute Gasteiger partial charge is 0.360 e. The van der Waals surface area contributed by atoms with E-state index in [1.54, 1.807) is 0 Å². The van der Waals surface area contributed by atoms with Crippen LogP contribution < -0.4 is 20.4 Å². The van der Waals surface area contributed by atoms with E-state index < -0.39 is 0 Å². The number of piperidine rings is 2. The van der Waals surface area contributed by atoms with Gasteiger partial charge in [0, 0.05) is 37.8 Å². The lowest BCUT2D eigenvalue weighted by Gasteiger charge is -2.35. The predicted octanol–water partition coefficient (Wildman–Crippen LogP) is 3.54. The highest BCUT2D eigenvalue weighted by Crippen LogP contribution is 2.28. The Kier molecular flexibility index (Phi) is 6.51. The summed E-state index contributed by atoms with van der Waals surface area (Å²) in [6.45, 7) is 9.63. The zero-order valence-corrected chi connectivity index (χ0v) is 17.1. The van der Waals surface area contributed by atoms with Crippen LogP contribution in [-0.2, 0) is 0 Å². The molecule has 0 amide bonds. The molecule has 0 aromatic carbocycles. The van der Waals surface area contributed by atoms with Gasteiger partial charge in [-0.25, -0.2) is 0 Å². The van der Waals surface area contributed by atoms with E-state index in [9.17, 15) is 0 Å². The van der Waals surface area contributed by atoms with E-state index in [1.165, 1.54) is 38.5 Å². The van der Waals surface area contributed by atoms with Crippen LogP contribution in [0.5, 0.6) is 0 Å². The molecule has 0 bridgehead atoms. The summed E-state index contributed by atoms with van der Waals surface area (Å²) < 4.78 is 0. The van der Waals surface area contributed by atoms with Crippen LogP contribution in [0.3, 0.4) is 0 Å². The Morgan fingerprint density at radius 1 is 1.08 bits per heavy atom. The number of anilines is 3. The van der Waals surface area contributed by atoms with Crippen molar-refractivity contribution in [2.24, 2.45) is 0 Å². The standard InChI is InChI=1S/C19H32N6S/c1-14(2)20-19(26)23-18-21-16(24-10-6-4-7-11-24)13-17(22-18)25-12-8-5-9-15(25)3/h13-15H,4-12H2,1-3H3,(H2,20,21,22,23,26)/t15-/m1/s1. The molecule has 144 valence electrons. The van der Waals surface area contributed by atoms with E-state index >= 15 is 0 Å². The molecule has 1 aromatic heterocycles. The average molecular weight is 377 g/mol. The molecule has 1 aromatic rings. The molecular weight excluding hydrogens is 344 g/mol. The molecule has 0 saturated carbocycles. The summed E-state index contributed by atoms with van der Waals surface area (Å²) in [5.41, 5.74) is 0. The van der Waals surface area contributed by atoms with Gasteiger partial charge >= 0.3 is 0 Å². The molecule has 0 radical (unpaired) electrons. The van der Waals surface area contributed by atoms with Crippen LogP contribution in [0.1, 0.15) is 59.3 Å². The normalized spacial score (nSPS) is 21.0. The predicted molar refractivity (Wildman–Crippen MR) is 113 cm³/mol. The molecule has 26 heavy (non-hydrogen) atoms. The second-order valence-electron chi connectivity index (χ2n) is 7.75. The molecule has 0 unspecified atom stereocenters. The van der Waals surface area contributed by atoms with Crippen molar-refractivity contribution in [1.82, 2.24) is 15.3 Å². The fourth-order valence-electron chi connectivity index (χ4n) is 3.75. The van der Waals surface area contributed by atoms with Crippen LogP contribution in [0.4, 0.5) is 17.6 Å². The van der Waals surface area contributed by atoms with Crippen molar-refractivity contribution < 1.29 is 0 Å². The molecule has 6 nitrogen and oxygen atoms in total. The van der Waals surface area contributed by atoms with E-state index in [2.05, 4.69) is 47.3 Å². The molecule has 2 N–H and O–H groups in total. The Labute approximate surface area is 162 Å². The third-order valence-corrected chi connectivity index (χ3v) is 5.34. The molecule has 1 atom stereocenters.